The Bertz CT molecular complexity index is 690. The molecule has 2 aromatic rings. The predicted octanol–water partition coefficient (Wildman–Crippen LogP) is 1.94. The van der Waals surface area contributed by atoms with Gasteiger partial charge in [0.05, 0.1) is 13.0 Å². The molecule has 0 unspecified atom stereocenters. The molecule has 0 saturated heterocycles. The smallest absolute Gasteiger partial charge is 0.424 e. The third kappa shape index (κ3) is 5.20. The predicted molar refractivity (Wildman–Crippen MR) is 77.3 cm³/mol. The second kappa shape index (κ2) is 7.73. The summed E-state index contributed by atoms with van der Waals surface area (Å²) >= 11 is 0. The molecule has 0 saturated carbocycles. The Morgan fingerprint density at radius 2 is 1.92 bits per heavy atom. The van der Waals surface area contributed by atoms with Gasteiger partial charge in [0.15, 0.2) is 5.69 Å². The van der Waals surface area contributed by atoms with E-state index in [0.29, 0.717) is 5.56 Å². The molecule has 0 fully saturated rings. The van der Waals surface area contributed by atoms with Crippen LogP contribution in [0.25, 0.3) is 0 Å². The summed E-state index contributed by atoms with van der Waals surface area (Å²) in [5, 5.41) is 11.1. The average Bonchev–Trinajstić information content (AvgIpc) is 2.54. The number of aromatic nitrogens is 2. The number of rotatable bonds is 6. The van der Waals surface area contributed by atoms with Crippen molar-refractivity contribution in [3.05, 3.63) is 47.8 Å². The fourth-order valence-electron chi connectivity index (χ4n) is 1.77. The zero-order valence-electron chi connectivity index (χ0n) is 12.4. The minimum absolute atomic E-state index is 0.111. The zero-order valence-corrected chi connectivity index (χ0v) is 12.4. The van der Waals surface area contributed by atoms with Crippen molar-refractivity contribution in [2.75, 3.05) is 13.2 Å². The van der Waals surface area contributed by atoms with E-state index < -0.39 is 17.9 Å². The van der Waals surface area contributed by atoms with Crippen LogP contribution in [0.3, 0.4) is 0 Å². The summed E-state index contributed by atoms with van der Waals surface area (Å²) in [6.45, 7) is 0.0302. The number of alkyl halides is 3. The number of aliphatic hydroxyl groups is 1. The molecule has 1 amide bonds. The van der Waals surface area contributed by atoms with Crippen molar-refractivity contribution in [1.29, 1.82) is 0 Å². The van der Waals surface area contributed by atoms with E-state index in [0.717, 1.165) is 12.3 Å². The molecule has 0 atom stereocenters. The van der Waals surface area contributed by atoms with Gasteiger partial charge in [0.2, 0.25) is 5.91 Å². The van der Waals surface area contributed by atoms with Gasteiger partial charge in [0, 0.05) is 12.7 Å². The molecule has 0 bridgehead atoms. The number of halogens is 3. The summed E-state index contributed by atoms with van der Waals surface area (Å²) in [6.07, 6.45) is -3.50. The number of carbonyl (C=O) groups is 1. The van der Waals surface area contributed by atoms with Crippen LogP contribution in [0.5, 0.6) is 11.8 Å². The highest BCUT2D eigenvalue weighted by molar-refractivity contribution is 5.78. The number of nitrogens with one attached hydrogen (secondary N) is 1. The van der Waals surface area contributed by atoms with E-state index in [1.165, 1.54) is 12.1 Å². The van der Waals surface area contributed by atoms with Crippen molar-refractivity contribution in [2.24, 2.45) is 0 Å². The summed E-state index contributed by atoms with van der Waals surface area (Å²) in [6, 6.07) is 6.53. The van der Waals surface area contributed by atoms with E-state index in [-0.39, 0.29) is 31.2 Å². The van der Waals surface area contributed by atoms with Crippen LogP contribution in [-0.2, 0) is 17.4 Å². The molecule has 1 heterocycles. The van der Waals surface area contributed by atoms with Crippen LogP contribution in [-0.4, -0.2) is 34.1 Å². The minimum atomic E-state index is -4.58. The van der Waals surface area contributed by atoms with Crippen LogP contribution in [0.4, 0.5) is 13.2 Å². The summed E-state index contributed by atoms with van der Waals surface area (Å²) in [7, 11) is 0. The number of ether oxygens (including phenoxy) is 1. The maximum Gasteiger partial charge on any atom is 0.433 e. The Morgan fingerprint density at radius 1 is 1.21 bits per heavy atom. The van der Waals surface area contributed by atoms with Gasteiger partial charge in [0.1, 0.15) is 5.75 Å². The molecular weight excluding hydrogens is 327 g/mol. The molecule has 6 nitrogen and oxygen atoms in total. The summed E-state index contributed by atoms with van der Waals surface area (Å²) in [5.41, 5.74) is -0.410. The number of hydrogen-bond acceptors (Lipinski definition) is 5. The molecule has 0 radical (unpaired) electrons. The zero-order chi connectivity index (χ0) is 17.6. The average molecular weight is 341 g/mol. The van der Waals surface area contributed by atoms with Crippen molar-refractivity contribution in [2.45, 2.75) is 12.6 Å². The first-order valence-electron chi connectivity index (χ1n) is 6.93. The molecule has 24 heavy (non-hydrogen) atoms. The highest BCUT2D eigenvalue weighted by Crippen LogP contribution is 2.28. The van der Waals surface area contributed by atoms with E-state index in [1.54, 1.807) is 12.1 Å². The quantitative estimate of drug-likeness (QED) is 0.839. The van der Waals surface area contributed by atoms with Gasteiger partial charge in [-0.05, 0) is 23.8 Å². The lowest BCUT2D eigenvalue weighted by Gasteiger charge is -2.08. The van der Waals surface area contributed by atoms with Crippen molar-refractivity contribution < 1.29 is 27.8 Å². The first kappa shape index (κ1) is 17.7. The molecule has 0 spiro atoms. The Labute approximate surface area is 135 Å². The second-order valence-corrected chi connectivity index (χ2v) is 4.72. The number of amides is 1. The fourth-order valence-corrected chi connectivity index (χ4v) is 1.77. The van der Waals surface area contributed by atoms with Crippen LogP contribution >= 0.6 is 0 Å². The van der Waals surface area contributed by atoms with Gasteiger partial charge in [-0.25, -0.2) is 4.98 Å². The van der Waals surface area contributed by atoms with Gasteiger partial charge in [-0.3, -0.25) is 4.79 Å². The number of aliphatic hydroxyl groups excluding tert-OH is 1. The monoisotopic (exact) mass is 341 g/mol. The topological polar surface area (TPSA) is 84.3 Å². The van der Waals surface area contributed by atoms with Crippen LogP contribution < -0.4 is 10.1 Å². The van der Waals surface area contributed by atoms with Crippen molar-refractivity contribution in [3.8, 4) is 11.8 Å². The number of hydrogen-bond donors (Lipinski definition) is 2. The Hall–Kier alpha value is -2.68. The molecule has 2 rings (SSSR count). The van der Waals surface area contributed by atoms with Crippen LogP contribution in [0.1, 0.15) is 11.3 Å². The first-order valence-corrected chi connectivity index (χ1v) is 6.93. The first-order chi connectivity index (χ1) is 11.4. The van der Waals surface area contributed by atoms with E-state index in [9.17, 15) is 18.0 Å². The number of nitrogens with zero attached hydrogens (tertiary/aromatic N) is 2. The van der Waals surface area contributed by atoms with Gasteiger partial charge in [-0.15, -0.1) is 0 Å². The van der Waals surface area contributed by atoms with Gasteiger partial charge in [-0.2, -0.15) is 18.2 Å². The van der Waals surface area contributed by atoms with Crippen LogP contribution in [0.2, 0.25) is 0 Å². The molecule has 128 valence electrons. The third-order valence-electron chi connectivity index (χ3n) is 2.86. The van der Waals surface area contributed by atoms with Crippen molar-refractivity contribution in [1.82, 2.24) is 15.3 Å². The SMILES string of the molecule is O=C(Cc1ccc(Oc2nccc(C(F)(F)F)n2)cc1)NCCO. The lowest BCUT2D eigenvalue weighted by atomic mass is 10.1. The van der Waals surface area contributed by atoms with Crippen LogP contribution in [0, 0.1) is 0 Å². The summed E-state index contributed by atoms with van der Waals surface area (Å²) in [4.78, 5) is 18.4. The Kier molecular flexibility index (Phi) is 5.69. The number of benzene rings is 1. The Balaban J connectivity index is 2.00. The second-order valence-electron chi connectivity index (χ2n) is 4.72. The van der Waals surface area contributed by atoms with Gasteiger partial charge < -0.3 is 15.2 Å². The van der Waals surface area contributed by atoms with Crippen molar-refractivity contribution in [3.63, 3.8) is 0 Å². The number of carbonyl (C=O) groups excluding carboxylic acids is 1. The maximum absolute atomic E-state index is 12.6. The van der Waals surface area contributed by atoms with Gasteiger partial charge in [0.25, 0.3) is 0 Å². The van der Waals surface area contributed by atoms with Crippen molar-refractivity contribution >= 4 is 5.91 Å². The standard InChI is InChI=1S/C15H14F3N3O3/c16-15(17,18)12-5-6-20-14(21-12)24-11-3-1-10(2-4-11)9-13(23)19-7-8-22/h1-6,22H,7-9H2,(H,19,23). The molecule has 0 aliphatic heterocycles. The molecule has 1 aromatic carbocycles. The van der Waals surface area contributed by atoms with Gasteiger partial charge >= 0.3 is 12.2 Å². The van der Waals surface area contributed by atoms with E-state index >= 15 is 0 Å². The summed E-state index contributed by atoms with van der Waals surface area (Å²) in [5.74, 6) is -0.00669. The molecule has 1 aromatic heterocycles. The lowest BCUT2D eigenvalue weighted by molar-refractivity contribution is -0.141. The van der Waals surface area contributed by atoms with E-state index in [4.69, 9.17) is 9.84 Å². The molecular formula is C15H14F3N3O3. The highest BCUT2D eigenvalue weighted by Gasteiger charge is 2.33. The van der Waals surface area contributed by atoms with Gasteiger partial charge in [-0.1, -0.05) is 12.1 Å². The largest absolute Gasteiger partial charge is 0.433 e. The fraction of sp³-hybridized carbons (Fsp3) is 0.267. The van der Waals surface area contributed by atoms with Crippen LogP contribution in [0.15, 0.2) is 36.5 Å². The molecule has 2 N–H and O–H groups in total. The molecule has 0 aliphatic rings. The lowest BCUT2D eigenvalue weighted by Crippen LogP contribution is -2.27. The third-order valence-corrected chi connectivity index (χ3v) is 2.86. The molecule has 9 heteroatoms. The minimum Gasteiger partial charge on any atom is -0.424 e. The normalized spacial score (nSPS) is 11.2. The molecule has 0 aliphatic carbocycles. The van der Waals surface area contributed by atoms with E-state index in [1.807, 2.05) is 0 Å². The highest BCUT2D eigenvalue weighted by atomic mass is 19.4. The Morgan fingerprint density at radius 3 is 2.54 bits per heavy atom. The van der Waals surface area contributed by atoms with E-state index in [2.05, 4.69) is 15.3 Å². The summed E-state index contributed by atoms with van der Waals surface area (Å²) < 4.78 is 42.9. The maximum atomic E-state index is 12.6.